The van der Waals surface area contributed by atoms with E-state index in [-0.39, 0.29) is 0 Å². The molecule has 0 unspecified atom stereocenters. The second-order valence-corrected chi connectivity index (χ2v) is 4.45. The first-order chi connectivity index (χ1) is 7.36. The van der Waals surface area contributed by atoms with Crippen LogP contribution in [0.25, 0.3) is 16.2 Å². The molecule has 3 heteroatoms. The van der Waals surface area contributed by atoms with Gasteiger partial charge in [-0.15, -0.1) is 11.3 Å². The van der Waals surface area contributed by atoms with Crippen molar-refractivity contribution in [2.45, 2.75) is 6.92 Å². The Morgan fingerprint density at radius 3 is 3.00 bits per heavy atom. The molecule has 0 radical (unpaired) electrons. The van der Waals surface area contributed by atoms with Crippen LogP contribution in [0.5, 0.6) is 0 Å². The van der Waals surface area contributed by atoms with Crippen LogP contribution in [0.2, 0.25) is 0 Å². The van der Waals surface area contributed by atoms with E-state index in [0.29, 0.717) is 0 Å². The smallest absolute Gasteiger partial charge is 0.154 e. The number of hydrogen-bond acceptors (Lipinski definition) is 2. The summed E-state index contributed by atoms with van der Waals surface area (Å²) in [6, 6.07) is 8.31. The Bertz CT molecular complexity index is 593. The van der Waals surface area contributed by atoms with Crippen molar-refractivity contribution in [3.63, 3.8) is 0 Å². The Balaban J connectivity index is 2.34. The lowest BCUT2D eigenvalue weighted by Crippen LogP contribution is -1.88. The van der Waals surface area contributed by atoms with E-state index in [2.05, 4.69) is 52.2 Å². The highest BCUT2D eigenvalue weighted by atomic mass is 32.1. The van der Waals surface area contributed by atoms with E-state index in [0.717, 1.165) is 5.82 Å². The Morgan fingerprint density at radius 1 is 1.27 bits per heavy atom. The van der Waals surface area contributed by atoms with Gasteiger partial charge >= 0.3 is 0 Å². The van der Waals surface area contributed by atoms with E-state index in [1.807, 2.05) is 6.20 Å². The Hall–Kier alpha value is -1.61. The van der Waals surface area contributed by atoms with Crippen LogP contribution in [0.4, 0.5) is 0 Å². The number of pyridine rings is 1. The van der Waals surface area contributed by atoms with Gasteiger partial charge in [0.05, 0.1) is 16.6 Å². The first-order valence-electron chi connectivity index (χ1n) is 4.83. The highest BCUT2D eigenvalue weighted by Gasteiger charge is 2.07. The van der Waals surface area contributed by atoms with Crippen molar-refractivity contribution in [2.24, 2.45) is 0 Å². The maximum Gasteiger partial charge on any atom is 0.154 e. The van der Waals surface area contributed by atoms with Crippen LogP contribution < -0.4 is 0 Å². The largest absolute Gasteiger partial charge is 0.299 e. The molecule has 0 aliphatic heterocycles. The van der Waals surface area contributed by atoms with Crippen LogP contribution in [0, 0.1) is 6.92 Å². The van der Waals surface area contributed by atoms with Crippen LogP contribution in [0.15, 0.2) is 42.0 Å². The summed E-state index contributed by atoms with van der Waals surface area (Å²) in [5.41, 5.74) is 2.44. The van der Waals surface area contributed by atoms with Crippen molar-refractivity contribution in [1.29, 1.82) is 0 Å². The molecular formula is C12H10N2S. The van der Waals surface area contributed by atoms with E-state index in [4.69, 9.17) is 0 Å². The van der Waals surface area contributed by atoms with Gasteiger partial charge in [-0.1, -0.05) is 12.1 Å². The molecule has 3 heterocycles. The minimum absolute atomic E-state index is 1.03. The van der Waals surface area contributed by atoms with Crippen LogP contribution in [0.1, 0.15) is 5.56 Å². The molecule has 0 spiro atoms. The fourth-order valence-corrected chi connectivity index (χ4v) is 2.47. The molecule has 3 rings (SSSR count). The first-order valence-corrected chi connectivity index (χ1v) is 5.71. The third kappa shape index (κ3) is 1.27. The maximum absolute atomic E-state index is 4.47. The number of hydrogen-bond donors (Lipinski definition) is 0. The first kappa shape index (κ1) is 8.68. The number of aryl methyl sites for hydroxylation is 1. The average molecular weight is 214 g/mol. The van der Waals surface area contributed by atoms with Gasteiger partial charge in [-0.2, -0.15) is 0 Å². The SMILES string of the molecule is Cc1cccn2c(-c3cccs3)ncc12. The topological polar surface area (TPSA) is 17.3 Å². The number of imidazole rings is 1. The number of aromatic nitrogens is 2. The second-order valence-electron chi connectivity index (χ2n) is 3.51. The summed E-state index contributed by atoms with van der Waals surface area (Å²) in [5, 5.41) is 2.08. The van der Waals surface area contributed by atoms with E-state index < -0.39 is 0 Å². The van der Waals surface area contributed by atoms with Gasteiger partial charge in [0.25, 0.3) is 0 Å². The van der Waals surface area contributed by atoms with Gasteiger partial charge in [-0.3, -0.25) is 4.40 Å². The third-order valence-corrected chi connectivity index (χ3v) is 3.39. The summed E-state index contributed by atoms with van der Waals surface area (Å²) >= 11 is 1.72. The zero-order valence-corrected chi connectivity index (χ0v) is 9.16. The van der Waals surface area contributed by atoms with E-state index >= 15 is 0 Å². The molecule has 15 heavy (non-hydrogen) atoms. The van der Waals surface area contributed by atoms with Crippen molar-refractivity contribution in [3.05, 3.63) is 47.6 Å². The summed E-state index contributed by atoms with van der Waals surface area (Å²) in [6.45, 7) is 2.11. The molecule has 3 aromatic rings. The summed E-state index contributed by atoms with van der Waals surface area (Å²) in [7, 11) is 0. The molecule has 74 valence electrons. The monoisotopic (exact) mass is 214 g/mol. The highest BCUT2D eigenvalue weighted by Crippen LogP contribution is 2.25. The molecule has 0 fully saturated rings. The number of nitrogens with zero attached hydrogens (tertiary/aromatic N) is 2. The summed E-state index contributed by atoms with van der Waals surface area (Å²) < 4.78 is 2.14. The normalized spacial score (nSPS) is 11.0. The van der Waals surface area contributed by atoms with Gasteiger partial charge in [-0.05, 0) is 30.0 Å². The molecule has 3 aromatic heterocycles. The fourth-order valence-electron chi connectivity index (χ4n) is 1.75. The predicted octanol–water partition coefficient (Wildman–Crippen LogP) is 3.37. The molecule has 0 aromatic carbocycles. The zero-order chi connectivity index (χ0) is 10.3. The molecule has 0 N–H and O–H groups in total. The molecule has 0 atom stereocenters. The standard InChI is InChI=1S/C12H10N2S/c1-9-4-2-6-14-10(9)8-13-12(14)11-5-3-7-15-11/h2-8H,1H3. The van der Waals surface area contributed by atoms with E-state index in [9.17, 15) is 0 Å². The summed E-state index contributed by atoms with van der Waals surface area (Å²) in [6.07, 6.45) is 3.99. The number of thiophene rings is 1. The predicted molar refractivity (Wildman–Crippen MR) is 63.2 cm³/mol. The fraction of sp³-hybridized carbons (Fsp3) is 0.0833. The van der Waals surface area contributed by atoms with Gasteiger partial charge in [0.15, 0.2) is 5.82 Å². The van der Waals surface area contributed by atoms with E-state index in [1.54, 1.807) is 11.3 Å². The molecule has 0 saturated heterocycles. The lowest BCUT2D eigenvalue weighted by atomic mass is 10.2. The van der Waals surface area contributed by atoms with E-state index in [1.165, 1.54) is 16.0 Å². The van der Waals surface area contributed by atoms with Gasteiger partial charge < -0.3 is 0 Å². The lowest BCUT2D eigenvalue weighted by Gasteiger charge is -2.00. The molecular weight excluding hydrogens is 204 g/mol. The van der Waals surface area contributed by atoms with Gasteiger partial charge in [-0.25, -0.2) is 4.98 Å². The molecule has 0 amide bonds. The Labute approximate surface area is 91.8 Å². The lowest BCUT2D eigenvalue weighted by molar-refractivity contribution is 1.16. The number of rotatable bonds is 1. The molecule has 0 saturated carbocycles. The van der Waals surface area contributed by atoms with Crippen LogP contribution >= 0.6 is 11.3 Å². The average Bonchev–Trinajstić information content (AvgIpc) is 2.85. The van der Waals surface area contributed by atoms with Crippen LogP contribution in [-0.2, 0) is 0 Å². The minimum Gasteiger partial charge on any atom is -0.299 e. The van der Waals surface area contributed by atoms with Gasteiger partial charge in [0, 0.05) is 6.20 Å². The van der Waals surface area contributed by atoms with Crippen LogP contribution in [0.3, 0.4) is 0 Å². The van der Waals surface area contributed by atoms with Crippen molar-refractivity contribution in [2.75, 3.05) is 0 Å². The van der Waals surface area contributed by atoms with Crippen molar-refractivity contribution < 1.29 is 0 Å². The van der Waals surface area contributed by atoms with Crippen molar-refractivity contribution in [1.82, 2.24) is 9.38 Å². The molecule has 0 bridgehead atoms. The number of fused-ring (bicyclic) bond motifs is 1. The minimum atomic E-state index is 1.03. The maximum atomic E-state index is 4.47. The van der Waals surface area contributed by atoms with Gasteiger partial charge in [0.1, 0.15) is 0 Å². The molecule has 0 aliphatic carbocycles. The second kappa shape index (κ2) is 3.21. The van der Waals surface area contributed by atoms with Crippen molar-refractivity contribution in [3.8, 4) is 10.7 Å². The van der Waals surface area contributed by atoms with Crippen LogP contribution in [-0.4, -0.2) is 9.38 Å². The Kier molecular flexibility index (Phi) is 1.86. The molecule has 2 nitrogen and oxygen atoms in total. The summed E-state index contributed by atoms with van der Waals surface area (Å²) in [4.78, 5) is 5.68. The zero-order valence-electron chi connectivity index (χ0n) is 8.34. The third-order valence-electron chi connectivity index (χ3n) is 2.52. The van der Waals surface area contributed by atoms with Gasteiger partial charge in [0.2, 0.25) is 0 Å². The highest BCUT2D eigenvalue weighted by molar-refractivity contribution is 7.13. The quantitative estimate of drug-likeness (QED) is 0.607. The Morgan fingerprint density at radius 2 is 2.20 bits per heavy atom. The molecule has 0 aliphatic rings. The summed E-state index contributed by atoms with van der Waals surface area (Å²) in [5.74, 6) is 1.03. The van der Waals surface area contributed by atoms with Crippen molar-refractivity contribution >= 4 is 16.9 Å².